The van der Waals surface area contributed by atoms with Gasteiger partial charge in [0, 0.05) is 36.6 Å². The average molecular weight is 432 g/mol. The third-order valence-electron chi connectivity index (χ3n) is 5.17. The van der Waals surface area contributed by atoms with Crippen LogP contribution in [0.3, 0.4) is 0 Å². The van der Waals surface area contributed by atoms with Crippen LogP contribution < -0.4 is 4.72 Å². The van der Waals surface area contributed by atoms with Crippen molar-refractivity contribution in [2.75, 3.05) is 25.4 Å². The Kier molecular flexibility index (Phi) is 6.50. The highest BCUT2D eigenvalue weighted by molar-refractivity contribution is 7.89. The SMILES string of the molecule is CC(C)N1CCC(N2CC=C(NS(=O)(=O)CCc3ccc(Cl)s3)C2=O)CC1. The number of nitrogens with zero attached hydrogens (tertiary/aromatic N) is 2. The van der Waals surface area contributed by atoms with Gasteiger partial charge < -0.3 is 9.80 Å². The Balaban J connectivity index is 1.52. The van der Waals surface area contributed by atoms with Gasteiger partial charge >= 0.3 is 0 Å². The van der Waals surface area contributed by atoms with Gasteiger partial charge in [0.15, 0.2) is 0 Å². The van der Waals surface area contributed by atoms with E-state index in [0.717, 1.165) is 30.8 Å². The van der Waals surface area contributed by atoms with Crippen molar-refractivity contribution in [2.24, 2.45) is 0 Å². The van der Waals surface area contributed by atoms with Gasteiger partial charge in [-0.05, 0) is 51.3 Å². The Morgan fingerprint density at radius 3 is 2.59 bits per heavy atom. The molecule has 0 atom stereocenters. The topological polar surface area (TPSA) is 69.7 Å². The van der Waals surface area contributed by atoms with Crippen LogP contribution in [0.25, 0.3) is 0 Å². The van der Waals surface area contributed by atoms with Crippen LogP contribution in [0.2, 0.25) is 4.34 Å². The maximum atomic E-state index is 12.7. The summed E-state index contributed by atoms with van der Waals surface area (Å²) in [4.78, 5) is 17.8. The molecular formula is C18H26ClN3O3S2. The van der Waals surface area contributed by atoms with Crippen molar-refractivity contribution in [3.05, 3.63) is 33.1 Å². The maximum Gasteiger partial charge on any atom is 0.271 e. The number of halogens is 1. The van der Waals surface area contributed by atoms with Crippen molar-refractivity contribution in [3.63, 3.8) is 0 Å². The summed E-state index contributed by atoms with van der Waals surface area (Å²) in [6, 6.07) is 4.28. The summed E-state index contributed by atoms with van der Waals surface area (Å²) < 4.78 is 27.8. The average Bonchev–Trinajstić information content (AvgIpc) is 3.19. The first kappa shape index (κ1) is 20.6. The summed E-state index contributed by atoms with van der Waals surface area (Å²) in [5.41, 5.74) is 0.186. The molecule has 3 rings (SSSR count). The summed E-state index contributed by atoms with van der Waals surface area (Å²) in [6.07, 6.45) is 3.93. The molecule has 1 amide bonds. The lowest BCUT2D eigenvalue weighted by Gasteiger charge is -2.38. The molecule has 150 valence electrons. The Labute approximate surface area is 170 Å². The highest BCUT2D eigenvalue weighted by Gasteiger charge is 2.34. The third kappa shape index (κ3) is 5.25. The van der Waals surface area contributed by atoms with E-state index < -0.39 is 10.0 Å². The van der Waals surface area contributed by atoms with E-state index in [1.54, 1.807) is 17.0 Å². The minimum absolute atomic E-state index is 0.0682. The molecule has 0 spiro atoms. The van der Waals surface area contributed by atoms with Crippen LogP contribution in [0, 0.1) is 0 Å². The Hall–Kier alpha value is -1.09. The molecule has 0 radical (unpaired) electrons. The zero-order chi connectivity index (χ0) is 19.6. The monoisotopic (exact) mass is 431 g/mol. The van der Waals surface area contributed by atoms with E-state index in [1.807, 2.05) is 6.07 Å². The van der Waals surface area contributed by atoms with Gasteiger partial charge in [-0.1, -0.05) is 11.6 Å². The molecular weight excluding hydrogens is 406 g/mol. The molecule has 0 aliphatic carbocycles. The van der Waals surface area contributed by atoms with Gasteiger partial charge in [0.2, 0.25) is 10.0 Å². The molecule has 1 aromatic rings. The molecule has 1 fully saturated rings. The van der Waals surface area contributed by atoms with Gasteiger partial charge in [-0.2, -0.15) is 0 Å². The molecule has 0 bridgehead atoms. The van der Waals surface area contributed by atoms with Crippen molar-refractivity contribution in [1.29, 1.82) is 0 Å². The van der Waals surface area contributed by atoms with Gasteiger partial charge in [-0.3, -0.25) is 9.52 Å². The van der Waals surface area contributed by atoms with E-state index in [4.69, 9.17) is 11.6 Å². The first-order valence-corrected chi connectivity index (χ1v) is 12.1. The number of hydrogen-bond donors (Lipinski definition) is 1. The summed E-state index contributed by atoms with van der Waals surface area (Å²) in [5, 5.41) is 0. The van der Waals surface area contributed by atoms with E-state index in [2.05, 4.69) is 23.5 Å². The van der Waals surface area contributed by atoms with Crippen LogP contribution in [0.15, 0.2) is 23.9 Å². The van der Waals surface area contributed by atoms with Gasteiger partial charge in [-0.25, -0.2) is 8.42 Å². The first-order chi connectivity index (χ1) is 12.7. The molecule has 0 aromatic carbocycles. The molecule has 1 aromatic heterocycles. The number of thiophene rings is 1. The number of nitrogens with one attached hydrogen (secondary N) is 1. The number of carbonyl (C=O) groups is 1. The van der Waals surface area contributed by atoms with Crippen LogP contribution in [-0.2, 0) is 21.2 Å². The fourth-order valence-corrected chi connectivity index (χ4v) is 5.88. The van der Waals surface area contributed by atoms with Crippen LogP contribution >= 0.6 is 22.9 Å². The summed E-state index contributed by atoms with van der Waals surface area (Å²) >= 11 is 7.25. The van der Waals surface area contributed by atoms with Crippen LogP contribution in [0.4, 0.5) is 0 Å². The lowest BCUT2D eigenvalue weighted by Crippen LogP contribution is -2.48. The lowest BCUT2D eigenvalue weighted by atomic mass is 10.0. The molecule has 6 nitrogen and oxygen atoms in total. The highest BCUT2D eigenvalue weighted by Crippen LogP contribution is 2.24. The second kappa shape index (κ2) is 8.51. The minimum atomic E-state index is -3.57. The Morgan fingerprint density at radius 2 is 2.00 bits per heavy atom. The Morgan fingerprint density at radius 1 is 1.30 bits per heavy atom. The number of piperidine rings is 1. The number of amides is 1. The van der Waals surface area contributed by atoms with Gasteiger partial charge in [0.1, 0.15) is 5.70 Å². The summed E-state index contributed by atoms with van der Waals surface area (Å²) in [6.45, 7) is 6.77. The van der Waals surface area contributed by atoms with Crippen molar-refractivity contribution in [1.82, 2.24) is 14.5 Å². The van der Waals surface area contributed by atoms with Crippen LogP contribution in [0.1, 0.15) is 31.6 Å². The summed E-state index contributed by atoms with van der Waals surface area (Å²) in [7, 11) is -3.57. The highest BCUT2D eigenvalue weighted by atomic mass is 35.5. The Bertz CT molecular complexity index is 812. The van der Waals surface area contributed by atoms with Crippen LogP contribution in [-0.4, -0.2) is 61.6 Å². The minimum Gasteiger partial charge on any atom is -0.330 e. The molecule has 0 unspecified atom stereocenters. The van der Waals surface area contributed by atoms with Crippen molar-refractivity contribution in [3.8, 4) is 0 Å². The lowest BCUT2D eigenvalue weighted by molar-refractivity contribution is -0.128. The predicted octanol–water partition coefficient (Wildman–Crippen LogP) is 2.46. The normalized spacial score (nSPS) is 19.8. The fraction of sp³-hybridized carbons (Fsp3) is 0.611. The van der Waals surface area contributed by atoms with Gasteiger partial charge in [-0.15, -0.1) is 11.3 Å². The zero-order valence-corrected chi connectivity index (χ0v) is 18.0. The second-order valence-corrected chi connectivity index (χ2v) is 11.0. The van der Waals surface area contributed by atoms with E-state index >= 15 is 0 Å². The van der Waals surface area contributed by atoms with E-state index in [0.29, 0.717) is 23.3 Å². The maximum absolute atomic E-state index is 12.7. The molecule has 27 heavy (non-hydrogen) atoms. The molecule has 2 aliphatic heterocycles. The number of aryl methyl sites for hydroxylation is 1. The fourth-order valence-electron chi connectivity index (χ4n) is 3.57. The largest absolute Gasteiger partial charge is 0.330 e. The number of sulfonamides is 1. The molecule has 1 saturated heterocycles. The van der Waals surface area contributed by atoms with E-state index in [9.17, 15) is 13.2 Å². The van der Waals surface area contributed by atoms with Crippen molar-refractivity contribution < 1.29 is 13.2 Å². The van der Waals surface area contributed by atoms with Crippen LogP contribution in [0.5, 0.6) is 0 Å². The molecule has 9 heteroatoms. The standard InChI is InChI=1S/C18H26ClN3O3S2/c1-13(2)21-9-5-14(6-10-21)22-11-7-16(18(22)23)20-27(24,25)12-8-15-3-4-17(19)26-15/h3-4,7,13-14,20H,5-6,8-12H2,1-2H3. The number of carbonyl (C=O) groups excluding carboxylic acids is 1. The summed E-state index contributed by atoms with van der Waals surface area (Å²) in [5.74, 6) is -0.276. The molecule has 1 N–H and O–H groups in total. The first-order valence-electron chi connectivity index (χ1n) is 9.25. The van der Waals surface area contributed by atoms with Gasteiger partial charge in [0.25, 0.3) is 5.91 Å². The quantitative estimate of drug-likeness (QED) is 0.720. The smallest absolute Gasteiger partial charge is 0.271 e. The van der Waals surface area contributed by atoms with Gasteiger partial charge in [0.05, 0.1) is 10.1 Å². The van der Waals surface area contributed by atoms with E-state index in [1.165, 1.54) is 11.3 Å². The molecule has 2 aliphatic rings. The number of hydrogen-bond acceptors (Lipinski definition) is 5. The third-order valence-corrected chi connectivity index (χ3v) is 7.73. The second-order valence-electron chi connectivity index (χ2n) is 7.31. The molecule has 3 heterocycles. The predicted molar refractivity (Wildman–Crippen MR) is 109 cm³/mol. The molecule has 0 saturated carbocycles. The zero-order valence-electron chi connectivity index (χ0n) is 15.7. The van der Waals surface area contributed by atoms with Crippen molar-refractivity contribution >= 4 is 38.9 Å². The van der Waals surface area contributed by atoms with Crippen molar-refractivity contribution in [2.45, 2.75) is 45.2 Å². The number of rotatable bonds is 7. The number of likely N-dealkylation sites (tertiary alicyclic amines) is 1. The van der Waals surface area contributed by atoms with E-state index in [-0.39, 0.29) is 23.4 Å².